The average Bonchev–Trinajstić information content (AvgIpc) is 3.04. The molecule has 1 aromatic rings. The highest BCUT2D eigenvalue weighted by molar-refractivity contribution is 5.93. The van der Waals surface area contributed by atoms with Crippen LogP contribution in [0.5, 0.6) is 0 Å². The average molecular weight is 432 g/mol. The number of carbonyl (C=O) groups is 2. The molecule has 8 heteroatoms. The number of carbonyl (C=O) groups excluding carboxylic acids is 2. The molecule has 1 saturated heterocycles. The maximum absolute atomic E-state index is 12.4. The van der Waals surface area contributed by atoms with Gasteiger partial charge < -0.3 is 15.0 Å². The molecule has 3 atom stereocenters. The van der Waals surface area contributed by atoms with E-state index in [1.165, 1.54) is 6.07 Å². The molecule has 8 nitrogen and oxygen atoms in total. The Hall–Kier alpha value is -2.64. The Kier molecular flexibility index (Phi) is 7.87. The van der Waals surface area contributed by atoms with Crippen LogP contribution in [0.4, 0.5) is 11.4 Å². The number of benzene rings is 1. The summed E-state index contributed by atoms with van der Waals surface area (Å²) in [6.45, 7) is 5.46. The fourth-order valence-electron chi connectivity index (χ4n) is 4.62. The van der Waals surface area contributed by atoms with Crippen LogP contribution >= 0.6 is 0 Å². The predicted octanol–water partition coefficient (Wildman–Crippen LogP) is 4.07. The van der Waals surface area contributed by atoms with Crippen LogP contribution < -0.4 is 10.2 Å². The van der Waals surface area contributed by atoms with Crippen molar-refractivity contribution in [2.24, 2.45) is 11.8 Å². The number of nitro groups is 1. The maximum Gasteiger partial charge on any atom is 0.338 e. The third-order valence-electron chi connectivity index (χ3n) is 6.74. The van der Waals surface area contributed by atoms with Crippen LogP contribution in [0.1, 0.15) is 69.2 Å². The van der Waals surface area contributed by atoms with E-state index in [2.05, 4.69) is 19.2 Å². The van der Waals surface area contributed by atoms with Gasteiger partial charge in [0.05, 0.1) is 10.5 Å². The number of nitro benzene ring substituents is 1. The first-order valence-electron chi connectivity index (χ1n) is 11.4. The standard InChI is InChI=1S/C23H33N3O5/c1-16-8-7-9-19(17(16)2)24-22(27)15-31-23(28)18-10-11-20(21(14-18)26(29)30)25-12-5-3-4-6-13-25/h10-11,14,16-17,19H,3-9,12-13,15H2,1-2H3,(H,24,27)/t16-,17+,19-/m0/s1. The van der Waals surface area contributed by atoms with Gasteiger partial charge >= 0.3 is 5.97 Å². The molecule has 1 saturated carbocycles. The smallest absolute Gasteiger partial charge is 0.338 e. The Morgan fingerprint density at radius 3 is 2.52 bits per heavy atom. The number of ether oxygens (including phenoxy) is 1. The monoisotopic (exact) mass is 431 g/mol. The van der Waals surface area contributed by atoms with Crippen LogP contribution in [-0.2, 0) is 9.53 Å². The van der Waals surface area contributed by atoms with Crippen LogP contribution in [0.15, 0.2) is 18.2 Å². The number of amides is 1. The molecule has 2 aliphatic rings. The fraction of sp³-hybridized carbons (Fsp3) is 0.652. The van der Waals surface area contributed by atoms with Crippen LogP contribution in [0.3, 0.4) is 0 Å². The second-order valence-electron chi connectivity index (χ2n) is 8.88. The lowest BCUT2D eigenvalue weighted by Gasteiger charge is -2.34. The van der Waals surface area contributed by atoms with Crippen molar-refractivity contribution in [1.29, 1.82) is 0 Å². The molecule has 0 radical (unpaired) electrons. The number of anilines is 1. The Bertz CT molecular complexity index is 804. The van der Waals surface area contributed by atoms with Crippen LogP contribution in [0, 0.1) is 22.0 Å². The number of nitrogens with zero attached hydrogens (tertiary/aromatic N) is 2. The zero-order valence-corrected chi connectivity index (χ0v) is 18.5. The molecule has 1 aliphatic heterocycles. The summed E-state index contributed by atoms with van der Waals surface area (Å²) in [5.41, 5.74) is 0.505. The van der Waals surface area contributed by atoms with Crippen molar-refractivity contribution in [3.63, 3.8) is 0 Å². The first-order chi connectivity index (χ1) is 14.9. The van der Waals surface area contributed by atoms with E-state index in [-0.39, 0.29) is 23.2 Å². The van der Waals surface area contributed by atoms with Gasteiger partial charge in [-0.25, -0.2) is 4.79 Å². The van der Waals surface area contributed by atoms with E-state index in [1.54, 1.807) is 12.1 Å². The van der Waals surface area contributed by atoms with E-state index in [0.717, 1.165) is 58.0 Å². The number of rotatable bonds is 6. The van der Waals surface area contributed by atoms with Crippen LogP contribution in [0.25, 0.3) is 0 Å². The fourth-order valence-corrected chi connectivity index (χ4v) is 4.62. The highest BCUT2D eigenvalue weighted by Crippen LogP contribution is 2.31. The van der Waals surface area contributed by atoms with Gasteiger partial charge in [0.2, 0.25) is 0 Å². The van der Waals surface area contributed by atoms with Crippen LogP contribution in [-0.4, -0.2) is 42.5 Å². The topological polar surface area (TPSA) is 102 Å². The van der Waals surface area contributed by atoms with E-state index in [9.17, 15) is 19.7 Å². The largest absolute Gasteiger partial charge is 0.452 e. The molecule has 1 heterocycles. The van der Waals surface area contributed by atoms with Crippen molar-refractivity contribution in [3.05, 3.63) is 33.9 Å². The van der Waals surface area contributed by atoms with Crippen molar-refractivity contribution in [2.75, 3.05) is 24.6 Å². The van der Waals surface area contributed by atoms with Crippen molar-refractivity contribution in [2.45, 2.75) is 64.8 Å². The minimum atomic E-state index is -0.731. The molecule has 1 N–H and O–H groups in total. The van der Waals surface area contributed by atoms with Crippen molar-refractivity contribution in [3.8, 4) is 0 Å². The minimum Gasteiger partial charge on any atom is -0.452 e. The summed E-state index contributed by atoms with van der Waals surface area (Å²) in [4.78, 5) is 37.9. The molecule has 1 aliphatic carbocycles. The lowest BCUT2D eigenvalue weighted by molar-refractivity contribution is -0.384. The van der Waals surface area contributed by atoms with Crippen molar-refractivity contribution >= 4 is 23.3 Å². The summed E-state index contributed by atoms with van der Waals surface area (Å²) in [7, 11) is 0. The Morgan fingerprint density at radius 1 is 1.13 bits per heavy atom. The Morgan fingerprint density at radius 2 is 1.84 bits per heavy atom. The molecular formula is C23H33N3O5. The number of esters is 1. The summed E-state index contributed by atoms with van der Waals surface area (Å²) in [6, 6.07) is 4.50. The third-order valence-corrected chi connectivity index (χ3v) is 6.74. The van der Waals surface area contributed by atoms with E-state index in [0.29, 0.717) is 17.5 Å². The van der Waals surface area contributed by atoms with Crippen molar-refractivity contribution < 1.29 is 19.2 Å². The quantitative estimate of drug-likeness (QED) is 0.414. The van der Waals surface area contributed by atoms with E-state index in [4.69, 9.17) is 4.74 Å². The second-order valence-corrected chi connectivity index (χ2v) is 8.88. The van der Waals surface area contributed by atoms with Gasteiger partial charge in [-0.1, -0.05) is 39.5 Å². The maximum atomic E-state index is 12.4. The summed E-state index contributed by atoms with van der Waals surface area (Å²) in [6.07, 6.45) is 7.39. The van der Waals surface area contributed by atoms with E-state index < -0.39 is 17.5 Å². The number of hydrogen-bond acceptors (Lipinski definition) is 6. The SMILES string of the molecule is C[C@H]1[C@@H](NC(=O)COC(=O)c2ccc(N3CCCCCC3)c([N+](=O)[O-])c2)CCC[C@@H]1C. The highest BCUT2D eigenvalue weighted by Gasteiger charge is 2.28. The summed E-state index contributed by atoms with van der Waals surface area (Å²) in [5.74, 6) is -0.145. The first kappa shape index (κ1) is 23.0. The molecule has 3 rings (SSSR count). The summed E-state index contributed by atoms with van der Waals surface area (Å²) in [5, 5.41) is 14.6. The molecule has 0 bridgehead atoms. The third kappa shape index (κ3) is 5.95. The van der Waals surface area contributed by atoms with Gasteiger partial charge in [-0.2, -0.15) is 0 Å². The van der Waals surface area contributed by atoms with Gasteiger partial charge in [0.15, 0.2) is 6.61 Å². The summed E-state index contributed by atoms with van der Waals surface area (Å²) >= 11 is 0. The first-order valence-corrected chi connectivity index (χ1v) is 11.4. The summed E-state index contributed by atoms with van der Waals surface area (Å²) < 4.78 is 5.15. The molecule has 170 valence electrons. The molecule has 0 aromatic heterocycles. The van der Waals surface area contributed by atoms with Crippen LogP contribution in [0.2, 0.25) is 0 Å². The molecule has 1 aromatic carbocycles. The molecule has 0 unspecified atom stereocenters. The van der Waals surface area contributed by atoms with Crippen molar-refractivity contribution in [1.82, 2.24) is 5.32 Å². The van der Waals surface area contributed by atoms with E-state index >= 15 is 0 Å². The number of nitrogens with one attached hydrogen (secondary N) is 1. The lowest BCUT2D eigenvalue weighted by atomic mass is 9.78. The van der Waals surface area contributed by atoms with Gasteiger partial charge in [0.1, 0.15) is 5.69 Å². The van der Waals surface area contributed by atoms with Gasteiger partial charge in [-0.15, -0.1) is 0 Å². The Labute approximate surface area is 183 Å². The van der Waals surface area contributed by atoms with Gasteiger partial charge in [-0.3, -0.25) is 14.9 Å². The highest BCUT2D eigenvalue weighted by atomic mass is 16.6. The van der Waals surface area contributed by atoms with Gasteiger partial charge in [0, 0.05) is 25.2 Å². The molecule has 2 fully saturated rings. The van der Waals surface area contributed by atoms with Gasteiger partial charge in [0.25, 0.3) is 11.6 Å². The Balaban J connectivity index is 1.61. The zero-order chi connectivity index (χ0) is 22.4. The minimum absolute atomic E-state index is 0.0812. The molecular weight excluding hydrogens is 398 g/mol. The second kappa shape index (κ2) is 10.6. The predicted molar refractivity (Wildman–Crippen MR) is 118 cm³/mol. The molecule has 0 spiro atoms. The molecule has 31 heavy (non-hydrogen) atoms. The number of hydrogen-bond donors (Lipinski definition) is 1. The lowest BCUT2D eigenvalue weighted by Crippen LogP contribution is -2.45. The zero-order valence-electron chi connectivity index (χ0n) is 18.5. The molecule has 1 amide bonds. The van der Waals surface area contributed by atoms with Gasteiger partial charge in [-0.05, 0) is 43.2 Å². The van der Waals surface area contributed by atoms with E-state index in [1.807, 2.05) is 4.90 Å². The normalized spacial score (nSPS) is 24.2.